The number of carbonyl (C=O) groups excluding carboxylic acids is 1. The molecule has 0 radical (unpaired) electrons. The van der Waals surface area contributed by atoms with Gasteiger partial charge in [-0.2, -0.15) is 0 Å². The third-order valence-corrected chi connectivity index (χ3v) is 13.9. The van der Waals surface area contributed by atoms with Crippen molar-refractivity contribution in [1.82, 2.24) is 0 Å². The second-order valence-corrected chi connectivity index (χ2v) is 16.1. The first-order valence-electron chi connectivity index (χ1n) is 16.8. The smallest absolute Gasteiger partial charge is 0.310 e. The van der Waals surface area contributed by atoms with Crippen LogP contribution < -0.4 is 0 Å². The molecule has 5 aliphatic rings. The quantitative estimate of drug-likeness (QED) is 0.210. The van der Waals surface area contributed by atoms with Gasteiger partial charge in [-0.05, 0) is 116 Å². The zero-order valence-corrected chi connectivity index (χ0v) is 26.8. The molecule has 0 aliphatic heterocycles. The van der Waals surface area contributed by atoms with Gasteiger partial charge in [0.15, 0.2) is 18.2 Å². The number of aliphatic carboxylic acids is 1. The molecule has 238 valence electrons. The van der Waals surface area contributed by atoms with Crippen molar-refractivity contribution in [1.29, 1.82) is 0 Å². The van der Waals surface area contributed by atoms with Crippen LogP contribution in [0.3, 0.4) is 0 Å². The Balaban J connectivity index is 1.43. The lowest BCUT2D eigenvalue weighted by molar-refractivity contribution is -0.200. The molecule has 4 fully saturated rings. The van der Waals surface area contributed by atoms with Gasteiger partial charge in [0.2, 0.25) is 0 Å². The van der Waals surface area contributed by atoms with Crippen LogP contribution in [0.2, 0.25) is 0 Å². The van der Waals surface area contributed by atoms with Crippen molar-refractivity contribution in [3.8, 4) is 0 Å². The number of aliphatic hydroxyl groups is 3. The van der Waals surface area contributed by atoms with E-state index in [1.165, 1.54) is 5.57 Å². The number of ether oxygens (including phenoxy) is 1. The van der Waals surface area contributed by atoms with Gasteiger partial charge in [-0.15, -0.1) is 0 Å². The predicted octanol–water partition coefficient (Wildman–Crippen LogP) is 5.74. The minimum atomic E-state index is -1.93. The molecule has 4 N–H and O–H groups in total. The summed E-state index contributed by atoms with van der Waals surface area (Å²) >= 11 is 0. The third-order valence-electron chi connectivity index (χ3n) is 13.9. The second-order valence-electron chi connectivity index (χ2n) is 16.1. The number of rotatable bonds is 8. The third kappa shape index (κ3) is 4.75. The van der Waals surface area contributed by atoms with Gasteiger partial charge < -0.3 is 25.2 Å². The number of fused-ring (bicyclic) bond motifs is 7. The van der Waals surface area contributed by atoms with Crippen LogP contribution in [0.25, 0.3) is 0 Å². The molecule has 11 atom stereocenters. The lowest BCUT2D eigenvalue weighted by atomic mass is 9.36. The van der Waals surface area contributed by atoms with Crippen LogP contribution in [0.15, 0.2) is 11.6 Å². The van der Waals surface area contributed by atoms with Crippen LogP contribution in [0.1, 0.15) is 112 Å². The molecule has 11 unspecified atom stereocenters. The first-order chi connectivity index (χ1) is 19.7. The Morgan fingerprint density at radius 3 is 2.24 bits per heavy atom. The molecule has 5 rings (SSSR count). The van der Waals surface area contributed by atoms with Gasteiger partial charge in [0.05, 0.1) is 18.1 Å². The minimum Gasteiger partial charge on any atom is -0.481 e. The summed E-state index contributed by atoms with van der Waals surface area (Å²) < 4.78 is 5.77. The second kappa shape index (κ2) is 11.3. The Bertz CT molecular complexity index is 1080. The highest BCUT2D eigenvalue weighted by Crippen LogP contribution is 2.72. The Labute approximate surface area is 252 Å². The number of carboxylic acids is 1. The Kier molecular flexibility index (Phi) is 8.61. The molecule has 0 amide bonds. The Morgan fingerprint density at radius 1 is 0.952 bits per heavy atom. The van der Waals surface area contributed by atoms with Gasteiger partial charge in [-0.25, -0.2) is 0 Å². The first kappa shape index (κ1) is 32.1. The molecule has 7 nitrogen and oxygen atoms in total. The van der Waals surface area contributed by atoms with Crippen LogP contribution in [-0.2, 0) is 14.3 Å². The van der Waals surface area contributed by atoms with Crippen LogP contribution in [0.4, 0.5) is 0 Å². The summed E-state index contributed by atoms with van der Waals surface area (Å²) in [4.78, 5) is 26.6. The van der Waals surface area contributed by atoms with Gasteiger partial charge in [0.1, 0.15) is 0 Å². The summed E-state index contributed by atoms with van der Waals surface area (Å²) in [7, 11) is 0. The normalized spacial score (nSPS) is 44.1. The van der Waals surface area contributed by atoms with Gasteiger partial charge in [-0.1, -0.05) is 53.2 Å². The van der Waals surface area contributed by atoms with E-state index in [-0.39, 0.29) is 40.5 Å². The van der Waals surface area contributed by atoms with Crippen molar-refractivity contribution in [3.63, 3.8) is 0 Å². The van der Waals surface area contributed by atoms with Crippen LogP contribution in [0, 0.1) is 57.2 Å². The zero-order chi connectivity index (χ0) is 30.8. The maximum atomic E-state index is 13.9. The van der Waals surface area contributed by atoms with Crippen molar-refractivity contribution in [2.75, 3.05) is 6.61 Å². The van der Waals surface area contributed by atoms with E-state index in [0.717, 1.165) is 57.8 Å². The topological polar surface area (TPSA) is 124 Å². The molecule has 0 aromatic carbocycles. The van der Waals surface area contributed by atoms with Crippen LogP contribution >= 0.6 is 0 Å². The van der Waals surface area contributed by atoms with Crippen molar-refractivity contribution < 1.29 is 34.8 Å². The lowest BCUT2D eigenvalue weighted by Crippen LogP contribution is -2.62. The van der Waals surface area contributed by atoms with E-state index < -0.39 is 29.9 Å². The summed E-state index contributed by atoms with van der Waals surface area (Å²) in [5.74, 6) is 0.688. The summed E-state index contributed by atoms with van der Waals surface area (Å²) in [6.07, 6.45) is 8.21. The van der Waals surface area contributed by atoms with Crippen LogP contribution in [-0.4, -0.2) is 57.3 Å². The Hall–Kier alpha value is -1.28. The molecule has 0 aromatic heterocycles. The molecule has 4 saturated carbocycles. The highest BCUT2D eigenvalue weighted by atomic mass is 16.6. The molecule has 42 heavy (non-hydrogen) atoms. The number of carboxylic acid groups (broad SMARTS) is 1. The molecule has 0 saturated heterocycles. The minimum absolute atomic E-state index is 0.0295. The molecule has 0 heterocycles. The number of ketones is 1. The Morgan fingerprint density at radius 2 is 1.62 bits per heavy atom. The number of aliphatic hydroxyl groups excluding tert-OH is 2. The van der Waals surface area contributed by atoms with E-state index in [4.69, 9.17) is 4.74 Å². The van der Waals surface area contributed by atoms with Gasteiger partial charge in [0.25, 0.3) is 0 Å². The number of allylic oxidation sites excluding steroid dienone is 2. The monoisotopic (exact) mass is 588 g/mol. The predicted molar refractivity (Wildman–Crippen MR) is 160 cm³/mol. The van der Waals surface area contributed by atoms with E-state index in [1.54, 1.807) is 0 Å². The summed E-state index contributed by atoms with van der Waals surface area (Å²) in [5, 5.41) is 40.4. The molecule has 5 aliphatic carbocycles. The largest absolute Gasteiger partial charge is 0.481 e. The zero-order valence-electron chi connectivity index (χ0n) is 26.8. The van der Waals surface area contributed by atoms with Crippen molar-refractivity contribution >= 4 is 11.8 Å². The molecular formula is C35H56O7. The number of hydrogen-bond acceptors (Lipinski definition) is 6. The fourth-order valence-electron chi connectivity index (χ4n) is 11.6. The van der Waals surface area contributed by atoms with E-state index in [1.807, 2.05) is 6.92 Å². The average Bonchev–Trinajstić information content (AvgIpc) is 2.92. The van der Waals surface area contributed by atoms with E-state index in [0.29, 0.717) is 36.5 Å². The summed E-state index contributed by atoms with van der Waals surface area (Å²) in [5.41, 5.74) is 0.641. The first-order valence-corrected chi connectivity index (χ1v) is 16.8. The van der Waals surface area contributed by atoms with Crippen molar-refractivity contribution in [2.45, 2.75) is 131 Å². The van der Waals surface area contributed by atoms with Crippen molar-refractivity contribution in [2.24, 2.45) is 57.2 Å². The number of Topliss-reactive ketones (excluding diaryl/α,β-unsaturated/α-hetero) is 1. The molecular weight excluding hydrogens is 532 g/mol. The van der Waals surface area contributed by atoms with Gasteiger partial charge in [0, 0.05) is 5.92 Å². The van der Waals surface area contributed by atoms with Gasteiger partial charge >= 0.3 is 5.97 Å². The highest BCUT2D eigenvalue weighted by molar-refractivity contribution is 5.86. The lowest BCUT2D eigenvalue weighted by Gasteiger charge is -2.68. The van der Waals surface area contributed by atoms with Gasteiger partial charge in [-0.3, -0.25) is 9.59 Å². The molecule has 0 spiro atoms. The maximum absolute atomic E-state index is 13.9. The highest BCUT2D eigenvalue weighted by Gasteiger charge is 2.66. The van der Waals surface area contributed by atoms with Crippen molar-refractivity contribution in [3.05, 3.63) is 11.6 Å². The fraction of sp³-hybridized carbons (Fsp3) is 0.886. The van der Waals surface area contributed by atoms with E-state index >= 15 is 0 Å². The van der Waals surface area contributed by atoms with Crippen LogP contribution in [0.5, 0.6) is 0 Å². The molecule has 0 bridgehead atoms. The average molecular weight is 589 g/mol. The van der Waals surface area contributed by atoms with E-state index in [9.17, 15) is 30.0 Å². The summed E-state index contributed by atoms with van der Waals surface area (Å²) in [6.45, 7) is 13.2. The standard InChI is InChI=1S/C35H56O7/c1-7-21(19-36)42-29(30(38)39)28(37)24-11-14-34(6)26(32(24,3)4)13-15-33(5)23-12-17-35(31(40)41)16-10-20(2)18-25(35)22(23)8-9-27(33)34/h8,20-21,23-27,29-30,36,38-39H,7,9-19H2,1-6H3,(H,40,41). The maximum Gasteiger partial charge on any atom is 0.310 e. The summed E-state index contributed by atoms with van der Waals surface area (Å²) in [6, 6.07) is 0. The fourth-order valence-corrected chi connectivity index (χ4v) is 11.6. The molecule has 0 aromatic rings. The SMILES string of the molecule is CCC(CO)OC(C(=O)C1CCC2(C)C(CCC3(C)C4CCC5(C(=O)O)CCC(C)CC5C4=CCC32)C1(C)C)C(O)O. The van der Waals surface area contributed by atoms with E-state index in [2.05, 4.69) is 40.7 Å². The molecule has 7 heteroatoms. The number of carbonyl (C=O) groups is 2. The number of hydrogen-bond donors (Lipinski definition) is 4.